The average Bonchev–Trinajstić information content (AvgIpc) is 1.69. The van der Waals surface area contributed by atoms with Gasteiger partial charge in [-0.3, -0.25) is 0 Å². The molecule has 0 radical (unpaired) electrons. The largest absolute Gasteiger partial charge is 0.375 e. The van der Waals surface area contributed by atoms with Gasteiger partial charge in [0.2, 0.25) is 0 Å². The van der Waals surface area contributed by atoms with Gasteiger partial charge in [0.15, 0.2) is 0 Å². The molecule has 8 heavy (non-hydrogen) atoms. The summed E-state index contributed by atoms with van der Waals surface area (Å²) in [6.45, 7) is 3.83. The molecule has 1 unspecified atom stereocenters. The molecule has 0 saturated heterocycles. The van der Waals surface area contributed by atoms with Gasteiger partial charge in [-0.1, -0.05) is 13.0 Å². The molecule has 0 rings (SSSR count). The van der Waals surface area contributed by atoms with Crippen LogP contribution in [-0.2, 0) is 0 Å². The number of hydrogen-bond acceptors (Lipinski definition) is 2. The molecule has 2 heteroatoms. The molecule has 48 valence electrons. The first-order valence-corrected chi connectivity index (χ1v) is 2.81. The van der Waals surface area contributed by atoms with Gasteiger partial charge in [-0.25, -0.2) is 0 Å². The van der Waals surface area contributed by atoms with E-state index in [0.717, 1.165) is 12.0 Å². The van der Waals surface area contributed by atoms with Crippen LogP contribution in [0.3, 0.4) is 0 Å². The predicted molar refractivity (Wildman–Crippen MR) is 34.2 cm³/mol. The van der Waals surface area contributed by atoms with Crippen molar-refractivity contribution < 1.29 is 5.11 Å². The highest BCUT2D eigenvalue weighted by molar-refractivity contribution is 5.03. The Morgan fingerprint density at radius 3 is 2.38 bits per heavy atom. The summed E-state index contributed by atoms with van der Waals surface area (Å²) in [6.07, 6.45) is 1.91. The van der Waals surface area contributed by atoms with E-state index in [1.165, 1.54) is 0 Å². The minimum atomic E-state index is -0.759. The molecule has 0 bridgehead atoms. The molecule has 0 aliphatic rings. The summed E-state index contributed by atoms with van der Waals surface area (Å²) in [5, 5.41) is 8.72. The van der Waals surface area contributed by atoms with Gasteiger partial charge in [0.05, 0.1) is 0 Å². The van der Waals surface area contributed by atoms with Crippen LogP contribution in [0.5, 0.6) is 0 Å². The summed E-state index contributed by atoms with van der Waals surface area (Å²) in [7, 11) is 0. The SMILES string of the molecule is CC=C(CC)C(N)O. The Morgan fingerprint density at radius 2 is 2.38 bits per heavy atom. The van der Waals surface area contributed by atoms with Crippen LogP contribution in [0.1, 0.15) is 20.3 Å². The molecule has 2 nitrogen and oxygen atoms in total. The molecule has 0 fully saturated rings. The van der Waals surface area contributed by atoms with E-state index >= 15 is 0 Å². The van der Waals surface area contributed by atoms with Crippen molar-refractivity contribution in [1.29, 1.82) is 0 Å². The second-order valence-electron chi connectivity index (χ2n) is 1.66. The lowest BCUT2D eigenvalue weighted by atomic mass is 10.2. The quantitative estimate of drug-likeness (QED) is 0.409. The van der Waals surface area contributed by atoms with E-state index in [1.807, 2.05) is 19.9 Å². The molecule has 0 aliphatic carbocycles. The van der Waals surface area contributed by atoms with Crippen LogP contribution < -0.4 is 5.73 Å². The van der Waals surface area contributed by atoms with Crippen molar-refractivity contribution >= 4 is 0 Å². The van der Waals surface area contributed by atoms with Crippen molar-refractivity contribution in [3.8, 4) is 0 Å². The standard InChI is InChI=1S/C6H13NO/c1-3-5(4-2)6(7)8/h3,6,8H,4,7H2,1-2H3. The van der Waals surface area contributed by atoms with Gasteiger partial charge in [0.1, 0.15) is 6.23 Å². The number of aliphatic hydroxyl groups is 1. The van der Waals surface area contributed by atoms with Gasteiger partial charge in [0.25, 0.3) is 0 Å². The molecular weight excluding hydrogens is 102 g/mol. The fourth-order valence-corrected chi connectivity index (χ4v) is 0.584. The summed E-state index contributed by atoms with van der Waals surface area (Å²) in [5.41, 5.74) is 6.04. The van der Waals surface area contributed by atoms with Crippen LogP contribution in [0.25, 0.3) is 0 Å². The Morgan fingerprint density at radius 1 is 1.88 bits per heavy atom. The maximum Gasteiger partial charge on any atom is 0.124 e. The van der Waals surface area contributed by atoms with E-state index in [-0.39, 0.29) is 0 Å². The molecule has 3 N–H and O–H groups in total. The van der Waals surface area contributed by atoms with Crippen LogP contribution in [-0.4, -0.2) is 11.3 Å². The zero-order chi connectivity index (χ0) is 6.57. The topological polar surface area (TPSA) is 46.2 Å². The third-order valence-electron chi connectivity index (χ3n) is 1.16. The summed E-state index contributed by atoms with van der Waals surface area (Å²) < 4.78 is 0. The van der Waals surface area contributed by atoms with Gasteiger partial charge in [0, 0.05) is 0 Å². The molecule has 0 aliphatic heterocycles. The van der Waals surface area contributed by atoms with Crippen molar-refractivity contribution in [2.45, 2.75) is 26.5 Å². The fourth-order valence-electron chi connectivity index (χ4n) is 0.584. The van der Waals surface area contributed by atoms with Gasteiger partial charge >= 0.3 is 0 Å². The number of aliphatic hydroxyl groups excluding tert-OH is 1. The summed E-state index contributed by atoms with van der Waals surface area (Å²) in [6, 6.07) is 0. The molecule has 1 atom stereocenters. The lowest BCUT2D eigenvalue weighted by molar-refractivity contribution is 0.215. The predicted octanol–water partition coefficient (Wildman–Crippen LogP) is 0.620. The number of rotatable bonds is 2. The zero-order valence-electron chi connectivity index (χ0n) is 5.39. The van der Waals surface area contributed by atoms with E-state index < -0.39 is 6.23 Å². The molecule has 0 aromatic heterocycles. The van der Waals surface area contributed by atoms with E-state index in [4.69, 9.17) is 10.8 Å². The summed E-state index contributed by atoms with van der Waals surface area (Å²) >= 11 is 0. The van der Waals surface area contributed by atoms with Crippen LogP contribution in [0, 0.1) is 0 Å². The Labute approximate surface area is 50.0 Å². The highest BCUT2D eigenvalue weighted by Crippen LogP contribution is 2.00. The van der Waals surface area contributed by atoms with Crippen molar-refractivity contribution in [2.24, 2.45) is 5.73 Å². The van der Waals surface area contributed by atoms with E-state index in [1.54, 1.807) is 0 Å². The lowest BCUT2D eigenvalue weighted by Crippen LogP contribution is -2.20. The van der Waals surface area contributed by atoms with E-state index in [2.05, 4.69) is 0 Å². The van der Waals surface area contributed by atoms with Crippen LogP contribution >= 0.6 is 0 Å². The molecule has 0 spiro atoms. The smallest absolute Gasteiger partial charge is 0.124 e. The van der Waals surface area contributed by atoms with Gasteiger partial charge in [-0.15, -0.1) is 0 Å². The third-order valence-corrected chi connectivity index (χ3v) is 1.16. The second kappa shape index (κ2) is 3.64. The van der Waals surface area contributed by atoms with Crippen molar-refractivity contribution in [3.05, 3.63) is 11.6 Å². The molecule has 0 saturated carbocycles. The Bertz CT molecular complexity index is 86.5. The van der Waals surface area contributed by atoms with Crippen molar-refractivity contribution in [3.63, 3.8) is 0 Å². The monoisotopic (exact) mass is 115 g/mol. The Balaban J connectivity index is 3.72. The van der Waals surface area contributed by atoms with Crippen molar-refractivity contribution in [2.75, 3.05) is 0 Å². The minimum Gasteiger partial charge on any atom is -0.375 e. The van der Waals surface area contributed by atoms with Crippen molar-refractivity contribution in [1.82, 2.24) is 0 Å². The molecule has 0 aromatic rings. The Hall–Kier alpha value is -0.340. The van der Waals surface area contributed by atoms with E-state index in [0.29, 0.717) is 0 Å². The first-order valence-electron chi connectivity index (χ1n) is 2.81. The first kappa shape index (κ1) is 7.66. The number of allylic oxidation sites excluding steroid dienone is 1. The normalized spacial score (nSPS) is 16.2. The van der Waals surface area contributed by atoms with Crippen LogP contribution in [0.4, 0.5) is 0 Å². The number of hydrogen-bond donors (Lipinski definition) is 2. The van der Waals surface area contributed by atoms with Gasteiger partial charge in [-0.05, 0) is 18.9 Å². The average molecular weight is 115 g/mol. The lowest BCUT2D eigenvalue weighted by Gasteiger charge is -2.04. The third kappa shape index (κ3) is 2.09. The van der Waals surface area contributed by atoms with Gasteiger partial charge in [-0.2, -0.15) is 0 Å². The Kier molecular flexibility index (Phi) is 3.48. The molecule has 0 aromatic carbocycles. The molecule has 0 heterocycles. The second-order valence-corrected chi connectivity index (χ2v) is 1.66. The molecule has 0 amide bonds. The van der Waals surface area contributed by atoms with Gasteiger partial charge < -0.3 is 10.8 Å². The maximum atomic E-state index is 8.72. The van der Waals surface area contributed by atoms with Crippen LogP contribution in [0.2, 0.25) is 0 Å². The summed E-state index contributed by atoms with van der Waals surface area (Å²) in [4.78, 5) is 0. The fraction of sp³-hybridized carbons (Fsp3) is 0.667. The minimum absolute atomic E-state index is 0.759. The van der Waals surface area contributed by atoms with E-state index in [9.17, 15) is 0 Å². The highest BCUT2D eigenvalue weighted by atomic mass is 16.3. The number of nitrogens with two attached hydrogens (primary N) is 1. The van der Waals surface area contributed by atoms with Crippen LogP contribution in [0.15, 0.2) is 11.6 Å². The first-order chi connectivity index (χ1) is 3.72. The molecular formula is C6H13NO. The summed E-state index contributed by atoms with van der Waals surface area (Å²) in [5.74, 6) is 0. The highest BCUT2D eigenvalue weighted by Gasteiger charge is 1.97. The maximum absolute atomic E-state index is 8.72. The zero-order valence-corrected chi connectivity index (χ0v) is 5.39.